The summed E-state index contributed by atoms with van der Waals surface area (Å²) in [6.45, 7) is 1.53. The summed E-state index contributed by atoms with van der Waals surface area (Å²) in [6.07, 6.45) is 10.8. The lowest BCUT2D eigenvalue weighted by Crippen LogP contribution is -2.32. The van der Waals surface area contributed by atoms with Crippen LogP contribution in [0, 0.1) is 0 Å². The third-order valence-electron chi connectivity index (χ3n) is 2.95. The maximum atomic E-state index is 5.53. The average molecular weight is 303 g/mol. The molecule has 3 N–H and O–H groups in total. The highest BCUT2D eigenvalue weighted by atomic mass is 32.2. The first-order valence-electron chi connectivity index (χ1n) is 6.93. The molecule has 112 valence electrons. The summed E-state index contributed by atoms with van der Waals surface area (Å²) in [4.78, 5) is 10.9. The van der Waals surface area contributed by atoms with Crippen LogP contribution in [0.3, 0.4) is 0 Å². The summed E-state index contributed by atoms with van der Waals surface area (Å²) < 4.78 is 0. The number of rotatable bonds is 7. The van der Waals surface area contributed by atoms with Crippen molar-refractivity contribution in [2.45, 2.75) is 12.2 Å². The Morgan fingerprint density at radius 2 is 2.38 bits per heavy atom. The van der Waals surface area contributed by atoms with Crippen molar-refractivity contribution in [3.05, 3.63) is 54.5 Å². The highest BCUT2D eigenvalue weighted by molar-refractivity contribution is 7.98. The number of nitrogens with zero attached hydrogens (tertiary/aromatic N) is 3. The zero-order valence-corrected chi connectivity index (χ0v) is 12.8. The SMILES string of the molecule is NNC(CCSCc1ccccn1)=NCN1C=CC=CC1. The molecule has 0 unspecified atom stereocenters. The van der Waals surface area contributed by atoms with Gasteiger partial charge in [0.05, 0.1) is 5.69 Å². The number of hydrazine groups is 1. The Morgan fingerprint density at radius 1 is 1.43 bits per heavy atom. The minimum absolute atomic E-state index is 0.630. The fourth-order valence-corrected chi connectivity index (χ4v) is 2.68. The third kappa shape index (κ3) is 6.01. The van der Waals surface area contributed by atoms with Crippen LogP contribution in [0.25, 0.3) is 0 Å². The van der Waals surface area contributed by atoms with Crippen LogP contribution < -0.4 is 11.3 Å². The molecular weight excluding hydrogens is 282 g/mol. The van der Waals surface area contributed by atoms with Crippen LogP contribution in [0.15, 0.2) is 53.8 Å². The lowest BCUT2D eigenvalue weighted by atomic mass is 10.4. The minimum atomic E-state index is 0.630. The number of aromatic nitrogens is 1. The van der Waals surface area contributed by atoms with Crippen molar-refractivity contribution in [2.75, 3.05) is 19.0 Å². The number of aliphatic imine (C=N–C) groups is 1. The molecule has 0 amide bonds. The van der Waals surface area contributed by atoms with Gasteiger partial charge in [0, 0.05) is 36.9 Å². The molecule has 6 heteroatoms. The van der Waals surface area contributed by atoms with E-state index in [2.05, 4.69) is 26.4 Å². The Morgan fingerprint density at radius 3 is 3.10 bits per heavy atom. The second-order valence-corrected chi connectivity index (χ2v) is 5.66. The molecule has 5 nitrogen and oxygen atoms in total. The number of thioether (sulfide) groups is 1. The number of nitrogens with two attached hydrogens (primary N) is 1. The molecule has 21 heavy (non-hydrogen) atoms. The van der Waals surface area contributed by atoms with Gasteiger partial charge in [0.1, 0.15) is 12.5 Å². The standard InChI is InChI=1S/C15H21N5S/c16-19-15(18-13-20-9-4-1-5-10-20)7-11-21-12-14-6-2-3-8-17-14/h1-6,8-9H,7,10-13,16H2,(H,18,19). The second kappa shape index (κ2) is 9.20. The Hall–Kier alpha value is -1.79. The smallest absolute Gasteiger partial charge is 0.113 e. The van der Waals surface area contributed by atoms with Crippen LogP contribution in [-0.4, -0.2) is 34.7 Å². The second-order valence-electron chi connectivity index (χ2n) is 4.56. The van der Waals surface area contributed by atoms with Crippen molar-refractivity contribution in [1.29, 1.82) is 0 Å². The van der Waals surface area contributed by atoms with Crippen LogP contribution in [0.4, 0.5) is 0 Å². The van der Waals surface area contributed by atoms with Gasteiger partial charge in [0.2, 0.25) is 0 Å². The van der Waals surface area contributed by atoms with Crippen molar-refractivity contribution in [2.24, 2.45) is 10.8 Å². The van der Waals surface area contributed by atoms with Crippen molar-refractivity contribution >= 4 is 17.6 Å². The lowest BCUT2D eigenvalue weighted by molar-refractivity contribution is 0.425. The number of amidine groups is 1. The van der Waals surface area contributed by atoms with E-state index in [-0.39, 0.29) is 0 Å². The normalized spacial score (nSPS) is 14.5. The topological polar surface area (TPSA) is 66.5 Å². The summed E-state index contributed by atoms with van der Waals surface area (Å²) in [5.74, 6) is 8.25. The Kier molecular flexibility index (Phi) is 6.83. The molecule has 0 saturated carbocycles. The van der Waals surface area contributed by atoms with Crippen molar-refractivity contribution in [3.8, 4) is 0 Å². The van der Waals surface area contributed by atoms with Crippen LogP contribution in [0.2, 0.25) is 0 Å². The third-order valence-corrected chi connectivity index (χ3v) is 3.95. The van der Waals surface area contributed by atoms with Gasteiger partial charge >= 0.3 is 0 Å². The van der Waals surface area contributed by atoms with E-state index >= 15 is 0 Å². The predicted octanol–water partition coefficient (Wildman–Crippen LogP) is 1.91. The van der Waals surface area contributed by atoms with Gasteiger partial charge in [0.25, 0.3) is 0 Å². The zero-order chi connectivity index (χ0) is 14.8. The molecule has 0 saturated heterocycles. The predicted molar refractivity (Wildman–Crippen MR) is 89.6 cm³/mol. The van der Waals surface area contributed by atoms with Crippen molar-refractivity contribution < 1.29 is 0 Å². The molecule has 2 rings (SSSR count). The first kappa shape index (κ1) is 15.6. The number of hydrogen-bond donors (Lipinski definition) is 2. The Balaban J connectivity index is 1.67. The molecule has 0 aliphatic carbocycles. The molecule has 1 aliphatic heterocycles. The average Bonchev–Trinajstić information content (AvgIpc) is 2.56. The lowest BCUT2D eigenvalue weighted by Gasteiger charge is -2.18. The van der Waals surface area contributed by atoms with E-state index in [1.54, 1.807) is 0 Å². The molecule has 1 aliphatic rings. The first-order chi connectivity index (χ1) is 10.4. The Labute approximate surface area is 130 Å². The fraction of sp³-hybridized carbons (Fsp3) is 0.333. The highest BCUT2D eigenvalue weighted by Crippen LogP contribution is 2.10. The van der Waals surface area contributed by atoms with Crippen molar-refractivity contribution in [1.82, 2.24) is 15.3 Å². The van der Waals surface area contributed by atoms with E-state index in [0.717, 1.165) is 36.0 Å². The zero-order valence-electron chi connectivity index (χ0n) is 12.0. The van der Waals surface area contributed by atoms with E-state index in [1.807, 2.05) is 54.5 Å². The van der Waals surface area contributed by atoms with E-state index in [9.17, 15) is 0 Å². The largest absolute Gasteiger partial charge is 0.355 e. The van der Waals surface area contributed by atoms with E-state index in [4.69, 9.17) is 5.84 Å². The quantitative estimate of drug-likeness (QED) is 0.265. The van der Waals surface area contributed by atoms with Crippen LogP contribution in [-0.2, 0) is 5.75 Å². The summed E-state index contributed by atoms with van der Waals surface area (Å²) in [5.41, 5.74) is 3.80. The molecule has 0 atom stereocenters. The fourth-order valence-electron chi connectivity index (χ4n) is 1.81. The monoisotopic (exact) mass is 303 g/mol. The molecule has 0 bridgehead atoms. The van der Waals surface area contributed by atoms with Gasteiger partial charge in [-0.1, -0.05) is 18.2 Å². The first-order valence-corrected chi connectivity index (χ1v) is 8.09. The summed E-state index contributed by atoms with van der Waals surface area (Å²) >= 11 is 1.83. The molecule has 1 aromatic rings. The van der Waals surface area contributed by atoms with Crippen molar-refractivity contribution in [3.63, 3.8) is 0 Å². The molecule has 0 fully saturated rings. The number of nitrogens with one attached hydrogen (secondary N) is 1. The van der Waals surface area contributed by atoms with Gasteiger partial charge < -0.3 is 10.3 Å². The van der Waals surface area contributed by atoms with Gasteiger partial charge in [-0.3, -0.25) is 4.98 Å². The molecule has 1 aromatic heterocycles. The van der Waals surface area contributed by atoms with Crippen LogP contribution in [0.5, 0.6) is 0 Å². The minimum Gasteiger partial charge on any atom is -0.355 e. The molecule has 2 heterocycles. The van der Waals surface area contributed by atoms with Gasteiger partial charge in [-0.05, 0) is 18.2 Å². The number of allylic oxidation sites excluding steroid dienone is 2. The highest BCUT2D eigenvalue weighted by Gasteiger charge is 2.01. The van der Waals surface area contributed by atoms with Gasteiger partial charge in [-0.15, -0.1) is 0 Å². The summed E-state index contributed by atoms with van der Waals surface area (Å²) in [6, 6.07) is 5.98. The van der Waals surface area contributed by atoms with Crippen LogP contribution >= 0.6 is 11.8 Å². The number of hydrogen-bond acceptors (Lipinski definition) is 5. The van der Waals surface area contributed by atoms with Crippen LogP contribution in [0.1, 0.15) is 12.1 Å². The molecule has 0 aromatic carbocycles. The van der Waals surface area contributed by atoms with E-state index < -0.39 is 0 Å². The molecule has 0 spiro atoms. The summed E-state index contributed by atoms with van der Waals surface area (Å²) in [5, 5.41) is 0. The van der Waals surface area contributed by atoms with E-state index in [1.165, 1.54) is 0 Å². The van der Waals surface area contributed by atoms with Gasteiger partial charge in [-0.2, -0.15) is 11.8 Å². The Bertz CT molecular complexity index is 498. The molecular formula is C15H21N5S. The maximum Gasteiger partial charge on any atom is 0.113 e. The van der Waals surface area contributed by atoms with E-state index in [0.29, 0.717) is 6.67 Å². The van der Waals surface area contributed by atoms with Gasteiger partial charge in [0.15, 0.2) is 0 Å². The molecule has 0 radical (unpaired) electrons. The maximum absolute atomic E-state index is 5.53. The van der Waals surface area contributed by atoms with Gasteiger partial charge in [-0.25, -0.2) is 10.8 Å². The summed E-state index contributed by atoms with van der Waals surface area (Å²) in [7, 11) is 0. The number of pyridine rings is 1.